The molecule has 1 aromatic rings. The van der Waals surface area contributed by atoms with Crippen molar-refractivity contribution in [2.45, 2.75) is 12.5 Å². The molecular formula is C15H20N2O7. The largest absolute Gasteiger partial charge is 0.505 e. The molecule has 0 radical (unpaired) electrons. The number of hydrogen-bond donors (Lipinski definition) is 2. The molecule has 132 valence electrons. The highest BCUT2D eigenvalue weighted by Crippen LogP contribution is 2.26. The molecule has 0 aliphatic carbocycles. The molecule has 0 spiro atoms. The van der Waals surface area contributed by atoms with Gasteiger partial charge >= 0.3 is 5.97 Å². The van der Waals surface area contributed by atoms with Crippen LogP contribution in [-0.4, -0.2) is 72.7 Å². The maximum absolute atomic E-state index is 11.2. The van der Waals surface area contributed by atoms with E-state index >= 15 is 0 Å². The number of carboxylic acid groups (broad SMARTS) is 1. The van der Waals surface area contributed by atoms with Crippen LogP contribution >= 0.6 is 0 Å². The zero-order valence-electron chi connectivity index (χ0n) is 13.5. The Kier molecular flexibility index (Phi) is 5.93. The molecule has 1 aromatic heterocycles. The van der Waals surface area contributed by atoms with Gasteiger partial charge in [-0.1, -0.05) is 0 Å². The van der Waals surface area contributed by atoms with E-state index in [1.807, 2.05) is 0 Å². The van der Waals surface area contributed by atoms with Crippen LogP contribution in [0.3, 0.4) is 0 Å². The number of carbonyl (C=O) groups is 1. The first kappa shape index (κ1) is 18.0. The SMILES string of the molecule is COCCOCCOc1ccc(O)c(C2=N[C@@](C)(C(=O)O)CO2)n1. The van der Waals surface area contributed by atoms with E-state index in [1.165, 1.54) is 19.1 Å². The van der Waals surface area contributed by atoms with Crippen LogP contribution in [-0.2, 0) is 19.0 Å². The van der Waals surface area contributed by atoms with Crippen molar-refractivity contribution in [3.05, 3.63) is 17.8 Å². The molecule has 2 heterocycles. The summed E-state index contributed by atoms with van der Waals surface area (Å²) >= 11 is 0. The summed E-state index contributed by atoms with van der Waals surface area (Å²) in [7, 11) is 1.59. The second-order valence-electron chi connectivity index (χ2n) is 5.26. The van der Waals surface area contributed by atoms with Crippen LogP contribution in [0.1, 0.15) is 12.6 Å². The summed E-state index contributed by atoms with van der Waals surface area (Å²) in [5.74, 6) is -1.07. The van der Waals surface area contributed by atoms with Crippen LogP contribution in [0.5, 0.6) is 11.6 Å². The molecule has 0 amide bonds. The Bertz CT molecular complexity index is 620. The molecule has 9 heteroatoms. The summed E-state index contributed by atoms with van der Waals surface area (Å²) in [6, 6.07) is 2.87. The Morgan fingerprint density at radius 1 is 1.33 bits per heavy atom. The van der Waals surface area contributed by atoms with E-state index in [2.05, 4.69) is 9.98 Å². The molecule has 1 aliphatic rings. The first-order valence-corrected chi connectivity index (χ1v) is 7.32. The minimum atomic E-state index is -1.39. The van der Waals surface area contributed by atoms with Gasteiger partial charge in [-0.15, -0.1) is 0 Å². The molecule has 2 N–H and O–H groups in total. The second-order valence-corrected chi connectivity index (χ2v) is 5.26. The highest BCUT2D eigenvalue weighted by Gasteiger charge is 2.40. The molecule has 0 aromatic carbocycles. The van der Waals surface area contributed by atoms with Gasteiger partial charge in [0.1, 0.15) is 19.0 Å². The molecule has 1 aliphatic heterocycles. The predicted molar refractivity (Wildman–Crippen MR) is 82.6 cm³/mol. The normalized spacial score (nSPS) is 19.7. The van der Waals surface area contributed by atoms with Gasteiger partial charge in [-0.05, 0) is 13.0 Å². The molecule has 24 heavy (non-hydrogen) atoms. The smallest absolute Gasteiger partial charge is 0.335 e. The summed E-state index contributed by atoms with van der Waals surface area (Å²) < 4.78 is 20.8. The van der Waals surface area contributed by atoms with Crippen molar-refractivity contribution >= 4 is 11.9 Å². The van der Waals surface area contributed by atoms with E-state index in [9.17, 15) is 9.90 Å². The van der Waals surface area contributed by atoms with Crippen molar-refractivity contribution < 1.29 is 34.0 Å². The van der Waals surface area contributed by atoms with Crippen LogP contribution in [0.4, 0.5) is 0 Å². The van der Waals surface area contributed by atoms with Gasteiger partial charge in [0.2, 0.25) is 11.8 Å². The van der Waals surface area contributed by atoms with E-state index in [-0.39, 0.29) is 36.4 Å². The van der Waals surface area contributed by atoms with Crippen LogP contribution in [0.15, 0.2) is 17.1 Å². The second kappa shape index (κ2) is 7.93. The molecule has 0 unspecified atom stereocenters. The van der Waals surface area contributed by atoms with Gasteiger partial charge < -0.3 is 29.2 Å². The van der Waals surface area contributed by atoms with E-state index in [1.54, 1.807) is 7.11 Å². The third-order valence-electron chi connectivity index (χ3n) is 3.26. The third-order valence-corrected chi connectivity index (χ3v) is 3.26. The molecule has 2 rings (SSSR count). The first-order chi connectivity index (χ1) is 11.5. The highest BCUT2D eigenvalue weighted by molar-refractivity contribution is 5.99. The Hall–Kier alpha value is -2.39. The lowest BCUT2D eigenvalue weighted by atomic mass is 10.1. The summed E-state index contributed by atoms with van der Waals surface area (Å²) in [4.78, 5) is 19.3. The molecule has 0 bridgehead atoms. The zero-order valence-corrected chi connectivity index (χ0v) is 13.5. The van der Waals surface area contributed by atoms with Gasteiger partial charge in [0.05, 0.1) is 19.8 Å². The van der Waals surface area contributed by atoms with Crippen molar-refractivity contribution in [1.29, 1.82) is 0 Å². The van der Waals surface area contributed by atoms with Gasteiger partial charge in [0.25, 0.3) is 0 Å². The fourth-order valence-corrected chi connectivity index (χ4v) is 1.85. The number of aromatic nitrogens is 1. The quantitative estimate of drug-likeness (QED) is 0.622. The van der Waals surface area contributed by atoms with Gasteiger partial charge in [-0.2, -0.15) is 0 Å². The molecule has 0 fully saturated rings. The number of aromatic hydroxyl groups is 1. The van der Waals surface area contributed by atoms with Crippen molar-refractivity contribution in [3.8, 4) is 11.6 Å². The van der Waals surface area contributed by atoms with E-state index in [4.69, 9.17) is 24.1 Å². The number of nitrogens with zero attached hydrogens (tertiary/aromatic N) is 2. The average Bonchev–Trinajstić information content (AvgIpc) is 2.96. The van der Waals surface area contributed by atoms with Gasteiger partial charge in [0, 0.05) is 13.2 Å². The number of methoxy groups -OCH3 is 1. The van der Waals surface area contributed by atoms with Crippen molar-refractivity contribution in [1.82, 2.24) is 4.98 Å². The van der Waals surface area contributed by atoms with Gasteiger partial charge in [-0.3, -0.25) is 0 Å². The maximum Gasteiger partial charge on any atom is 0.335 e. The number of aliphatic imine (C=N–C) groups is 1. The number of rotatable bonds is 9. The molecule has 0 saturated heterocycles. The predicted octanol–water partition coefficient (Wildman–Crippen LogP) is 0.449. The van der Waals surface area contributed by atoms with Gasteiger partial charge in [0.15, 0.2) is 11.2 Å². The molecule has 1 atom stereocenters. The Morgan fingerprint density at radius 3 is 2.75 bits per heavy atom. The fraction of sp³-hybridized carbons (Fsp3) is 0.533. The third kappa shape index (κ3) is 4.33. The van der Waals surface area contributed by atoms with Crippen LogP contribution in [0.25, 0.3) is 0 Å². The summed E-state index contributed by atoms with van der Waals surface area (Å²) in [5.41, 5.74) is -1.35. The molecule has 9 nitrogen and oxygen atoms in total. The molecular weight excluding hydrogens is 320 g/mol. The first-order valence-electron chi connectivity index (χ1n) is 7.32. The van der Waals surface area contributed by atoms with E-state index in [0.717, 1.165) is 0 Å². The minimum absolute atomic E-state index is 0.0285. The Labute approximate surface area is 138 Å². The zero-order chi connectivity index (χ0) is 17.6. The summed E-state index contributed by atoms with van der Waals surface area (Å²) in [6.07, 6.45) is 0. The van der Waals surface area contributed by atoms with Crippen molar-refractivity contribution in [2.24, 2.45) is 4.99 Å². The van der Waals surface area contributed by atoms with E-state index in [0.29, 0.717) is 19.8 Å². The molecule has 0 saturated carbocycles. The summed E-state index contributed by atoms with van der Waals surface area (Å²) in [6.45, 7) is 2.89. The lowest BCUT2D eigenvalue weighted by Crippen LogP contribution is -2.34. The van der Waals surface area contributed by atoms with Crippen molar-refractivity contribution in [2.75, 3.05) is 40.1 Å². The van der Waals surface area contributed by atoms with E-state index < -0.39 is 11.5 Å². The number of carboxylic acids is 1. The van der Waals surface area contributed by atoms with Crippen molar-refractivity contribution in [3.63, 3.8) is 0 Å². The van der Waals surface area contributed by atoms with Crippen LogP contribution in [0.2, 0.25) is 0 Å². The number of hydrogen-bond acceptors (Lipinski definition) is 8. The highest BCUT2D eigenvalue weighted by atomic mass is 16.5. The average molecular weight is 340 g/mol. The Morgan fingerprint density at radius 2 is 2.08 bits per heavy atom. The minimum Gasteiger partial charge on any atom is -0.505 e. The Balaban J connectivity index is 2.00. The topological polar surface area (TPSA) is 120 Å². The number of pyridine rings is 1. The summed E-state index contributed by atoms with van der Waals surface area (Å²) in [5, 5.41) is 19.1. The fourth-order valence-electron chi connectivity index (χ4n) is 1.85. The number of aliphatic carboxylic acids is 1. The van der Waals surface area contributed by atoms with Gasteiger partial charge in [-0.25, -0.2) is 14.8 Å². The van der Waals surface area contributed by atoms with Crippen LogP contribution in [0, 0.1) is 0 Å². The lowest BCUT2D eigenvalue weighted by molar-refractivity contribution is -0.142. The standard InChI is InChI=1S/C15H20N2O7/c1-15(14(19)20)9-24-13(17-15)12-10(18)3-4-11(16-12)23-8-7-22-6-5-21-2/h3-4,18H,5-9H2,1-2H3,(H,19,20)/t15-/m1/s1. The monoisotopic (exact) mass is 340 g/mol. The number of ether oxygens (including phenoxy) is 4. The lowest BCUT2D eigenvalue weighted by Gasteiger charge is -2.10. The maximum atomic E-state index is 11.2. The van der Waals surface area contributed by atoms with Crippen LogP contribution < -0.4 is 4.74 Å².